The largest absolute Gasteiger partial charge is 0.463 e. The average Bonchev–Trinajstić information content (AvgIpc) is 3.00. The highest BCUT2D eigenvalue weighted by atomic mass is 16.6. The minimum atomic E-state index is -1.49. The molecule has 1 fully saturated rings. The van der Waals surface area contributed by atoms with E-state index in [1.54, 1.807) is 20.8 Å². The number of hydrogen-bond acceptors (Lipinski definition) is 9. The van der Waals surface area contributed by atoms with Crippen molar-refractivity contribution in [3.8, 4) is 0 Å². The van der Waals surface area contributed by atoms with Crippen molar-refractivity contribution in [3.63, 3.8) is 0 Å². The summed E-state index contributed by atoms with van der Waals surface area (Å²) in [6.45, 7) is 10.8. The van der Waals surface area contributed by atoms with Crippen molar-refractivity contribution >= 4 is 29.7 Å². The summed E-state index contributed by atoms with van der Waals surface area (Å²) in [7, 11) is 0. The van der Waals surface area contributed by atoms with Crippen LogP contribution in [0.1, 0.15) is 126 Å². The first kappa shape index (κ1) is 41.3. The van der Waals surface area contributed by atoms with E-state index in [0.717, 1.165) is 26.2 Å². The number of nitrogens with one attached hydrogen (secondary N) is 3. The third-order valence-electron chi connectivity index (χ3n) is 8.77. The molecule has 5 N–H and O–H groups in total. The second kappa shape index (κ2) is 22.0. The third kappa shape index (κ3) is 14.8. The fraction of sp³-hybridized carbons (Fsp3) is 0.853. The SMILES string of the molecule is CCCCCCCCCCCCCC1OC(=O)C(COC(C)=O)NC(=O)[C@H]([C@@H](C)O)NC(=O)C(C(C)C)NC(=O)[C@H](C)[C@H](O)[C@H]1C. The van der Waals surface area contributed by atoms with Crippen molar-refractivity contribution in [1.82, 2.24) is 16.0 Å². The van der Waals surface area contributed by atoms with E-state index in [1.807, 2.05) is 0 Å². The number of carbonyl (C=O) groups excluding carboxylic acids is 5. The number of hydrogen-bond donors (Lipinski definition) is 5. The van der Waals surface area contributed by atoms with E-state index in [0.29, 0.717) is 12.8 Å². The summed E-state index contributed by atoms with van der Waals surface area (Å²) in [5.41, 5.74) is 0. The number of esters is 2. The topological polar surface area (TPSA) is 180 Å². The van der Waals surface area contributed by atoms with Crippen LogP contribution >= 0.6 is 0 Å². The molecule has 1 aliphatic rings. The summed E-state index contributed by atoms with van der Waals surface area (Å²) < 4.78 is 10.9. The molecule has 8 atom stereocenters. The van der Waals surface area contributed by atoms with Crippen LogP contribution in [0.2, 0.25) is 0 Å². The van der Waals surface area contributed by atoms with Gasteiger partial charge >= 0.3 is 11.9 Å². The summed E-state index contributed by atoms with van der Waals surface area (Å²) in [6, 6.07) is -4.00. The molecule has 12 nitrogen and oxygen atoms in total. The highest BCUT2D eigenvalue weighted by Crippen LogP contribution is 2.25. The second-order valence-electron chi connectivity index (χ2n) is 13.3. The van der Waals surface area contributed by atoms with Crippen LogP contribution in [0.15, 0.2) is 0 Å². The molecule has 1 heterocycles. The number of carbonyl (C=O) groups is 5. The molecular weight excluding hydrogens is 594 g/mol. The van der Waals surface area contributed by atoms with Crippen molar-refractivity contribution in [2.45, 2.75) is 162 Å². The predicted octanol–water partition coefficient (Wildman–Crippen LogP) is 3.30. The van der Waals surface area contributed by atoms with Crippen LogP contribution in [0.5, 0.6) is 0 Å². The standard InChI is InChI=1S/C34H61N3O9/c1-8-9-10-11-12-13-14-15-16-17-18-19-27-22(4)30(40)23(5)31(41)36-28(21(2)3)32(42)37-29(24(6)38)33(43)35-26(34(44)46-27)20-45-25(7)39/h21-24,26-30,38,40H,8-20H2,1-7H3,(H,35,43)(H,36,41)(H,37,42)/t22-,23+,24+,26?,27?,28?,29-,30+/m0/s1. The monoisotopic (exact) mass is 655 g/mol. The van der Waals surface area contributed by atoms with Crippen molar-refractivity contribution in [2.75, 3.05) is 6.61 Å². The van der Waals surface area contributed by atoms with Gasteiger partial charge in [0.2, 0.25) is 17.7 Å². The second-order valence-corrected chi connectivity index (χ2v) is 13.3. The minimum absolute atomic E-state index is 0.394. The Morgan fingerprint density at radius 1 is 0.804 bits per heavy atom. The Bertz CT molecular complexity index is 958. The predicted molar refractivity (Wildman–Crippen MR) is 174 cm³/mol. The minimum Gasteiger partial charge on any atom is -0.463 e. The summed E-state index contributed by atoms with van der Waals surface area (Å²) in [6.07, 6.45) is 9.49. The maximum Gasteiger partial charge on any atom is 0.332 e. The first-order chi connectivity index (χ1) is 21.7. The molecular formula is C34H61N3O9. The van der Waals surface area contributed by atoms with E-state index in [9.17, 15) is 34.2 Å². The molecule has 0 aromatic heterocycles. The maximum absolute atomic E-state index is 13.5. The van der Waals surface area contributed by atoms with Crippen molar-refractivity contribution < 1.29 is 43.7 Å². The van der Waals surface area contributed by atoms with Gasteiger partial charge in [0, 0.05) is 12.8 Å². The zero-order valence-corrected chi connectivity index (χ0v) is 29.1. The van der Waals surface area contributed by atoms with Crippen molar-refractivity contribution in [1.29, 1.82) is 0 Å². The van der Waals surface area contributed by atoms with Gasteiger partial charge in [0.25, 0.3) is 0 Å². The Balaban J connectivity index is 3.19. The molecule has 0 aromatic rings. The molecule has 0 aliphatic carbocycles. The van der Waals surface area contributed by atoms with Gasteiger partial charge in [0.05, 0.1) is 18.1 Å². The lowest BCUT2D eigenvalue weighted by Crippen LogP contribution is -2.60. The molecule has 3 amide bonds. The van der Waals surface area contributed by atoms with Gasteiger partial charge in [-0.3, -0.25) is 19.2 Å². The molecule has 0 aromatic carbocycles. The van der Waals surface area contributed by atoms with Crippen molar-refractivity contribution in [3.05, 3.63) is 0 Å². The summed E-state index contributed by atoms with van der Waals surface area (Å²) in [5.74, 6) is -5.81. The van der Waals surface area contributed by atoms with Gasteiger partial charge < -0.3 is 35.6 Å². The number of amides is 3. The molecule has 0 bridgehead atoms. The third-order valence-corrected chi connectivity index (χ3v) is 8.77. The molecule has 1 aliphatic heterocycles. The number of cyclic esters (lactones) is 1. The summed E-state index contributed by atoms with van der Waals surface area (Å²) in [5, 5.41) is 29.2. The Morgan fingerprint density at radius 3 is 1.80 bits per heavy atom. The van der Waals surface area contributed by atoms with E-state index in [-0.39, 0.29) is 0 Å². The zero-order chi connectivity index (χ0) is 34.8. The lowest BCUT2D eigenvalue weighted by Gasteiger charge is -2.32. The van der Waals surface area contributed by atoms with E-state index < -0.39 is 90.5 Å². The zero-order valence-electron chi connectivity index (χ0n) is 29.1. The van der Waals surface area contributed by atoms with Gasteiger partial charge in [-0.15, -0.1) is 0 Å². The molecule has 3 unspecified atom stereocenters. The normalized spacial score (nSPS) is 27.5. The molecule has 12 heteroatoms. The van der Waals surface area contributed by atoms with Crippen LogP contribution in [0.4, 0.5) is 0 Å². The number of aliphatic hydroxyl groups is 2. The van der Waals surface area contributed by atoms with Gasteiger partial charge in [-0.25, -0.2) is 4.79 Å². The van der Waals surface area contributed by atoms with Gasteiger partial charge in [0.1, 0.15) is 24.8 Å². The number of rotatable bonds is 16. The van der Waals surface area contributed by atoms with E-state index in [1.165, 1.54) is 58.8 Å². The summed E-state index contributed by atoms with van der Waals surface area (Å²) >= 11 is 0. The van der Waals surface area contributed by atoms with E-state index in [4.69, 9.17) is 9.47 Å². The highest BCUT2D eigenvalue weighted by molar-refractivity contribution is 5.94. The number of ether oxygens (including phenoxy) is 2. The summed E-state index contributed by atoms with van der Waals surface area (Å²) in [4.78, 5) is 64.8. The molecule has 1 saturated heterocycles. The lowest BCUT2D eigenvalue weighted by atomic mass is 9.86. The molecule has 0 saturated carbocycles. The van der Waals surface area contributed by atoms with E-state index in [2.05, 4.69) is 22.9 Å². The quantitative estimate of drug-likeness (QED) is 0.123. The van der Waals surface area contributed by atoms with Crippen LogP contribution in [0, 0.1) is 17.8 Å². The lowest BCUT2D eigenvalue weighted by molar-refractivity contribution is -0.162. The van der Waals surface area contributed by atoms with Gasteiger partial charge in [-0.2, -0.15) is 0 Å². The van der Waals surface area contributed by atoms with Crippen LogP contribution in [-0.2, 0) is 33.4 Å². The molecule has 266 valence electrons. The first-order valence-electron chi connectivity index (χ1n) is 17.3. The number of aliphatic hydroxyl groups excluding tert-OH is 2. The van der Waals surface area contributed by atoms with Crippen LogP contribution in [0.25, 0.3) is 0 Å². The van der Waals surface area contributed by atoms with Crippen LogP contribution in [0.3, 0.4) is 0 Å². The Labute approximate surface area is 275 Å². The first-order valence-corrected chi connectivity index (χ1v) is 17.3. The maximum atomic E-state index is 13.5. The van der Waals surface area contributed by atoms with Gasteiger partial charge in [0.15, 0.2) is 6.04 Å². The molecule has 0 radical (unpaired) electrons. The van der Waals surface area contributed by atoms with Gasteiger partial charge in [-0.1, -0.05) is 98.8 Å². The van der Waals surface area contributed by atoms with Gasteiger partial charge in [-0.05, 0) is 25.7 Å². The number of unbranched alkanes of at least 4 members (excludes halogenated alkanes) is 10. The Kier molecular flexibility index (Phi) is 19.7. The van der Waals surface area contributed by atoms with E-state index >= 15 is 0 Å². The molecule has 46 heavy (non-hydrogen) atoms. The van der Waals surface area contributed by atoms with Crippen LogP contribution in [-0.4, -0.2) is 82.9 Å². The smallest absolute Gasteiger partial charge is 0.332 e. The Hall–Kier alpha value is -2.73. The molecule has 0 spiro atoms. The average molecular weight is 656 g/mol. The fourth-order valence-corrected chi connectivity index (χ4v) is 5.60. The highest BCUT2D eigenvalue weighted by Gasteiger charge is 2.39. The van der Waals surface area contributed by atoms with Crippen molar-refractivity contribution in [2.24, 2.45) is 17.8 Å². The van der Waals surface area contributed by atoms with Crippen LogP contribution < -0.4 is 16.0 Å². The Morgan fingerprint density at radius 2 is 1.30 bits per heavy atom. The molecule has 1 rings (SSSR count). The fourth-order valence-electron chi connectivity index (χ4n) is 5.60.